The summed E-state index contributed by atoms with van der Waals surface area (Å²) in [5, 5.41) is 10.7. The van der Waals surface area contributed by atoms with Crippen LogP contribution in [0, 0.1) is 0 Å². The molecule has 1 aliphatic rings. The molecule has 3 aromatic rings. The number of piperazine rings is 1. The largest absolute Gasteiger partial charge is 0.506 e. The standard InChI is InChI=1S/C21H19ClN2O3/c22-16-7-5-15(6-8-16)19-9-10-20(27-19)21(26)24-13-11-23(12-14-24)17-3-1-2-4-18(17)25/h1-10,25H,11-14H2. The van der Waals surface area contributed by atoms with Gasteiger partial charge < -0.3 is 19.3 Å². The Labute approximate surface area is 162 Å². The van der Waals surface area contributed by atoms with Gasteiger partial charge >= 0.3 is 0 Å². The zero-order chi connectivity index (χ0) is 18.8. The van der Waals surface area contributed by atoms with E-state index in [-0.39, 0.29) is 11.7 Å². The van der Waals surface area contributed by atoms with Crippen LogP contribution in [0.25, 0.3) is 11.3 Å². The van der Waals surface area contributed by atoms with Crippen LogP contribution in [0.4, 0.5) is 5.69 Å². The van der Waals surface area contributed by atoms with Crippen molar-refractivity contribution in [1.82, 2.24) is 4.90 Å². The number of carbonyl (C=O) groups excluding carboxylic acids is 1. The summed E-state index contributed by atoms with van der Waals surface area (Å²) < 4.78 is 5.77. The van der Waals surface area contributed by atoms with E-state index in [1.807, 2.05) is 24.3 Å². The lowest BCUT2D eigenvalue weighted by atomic mass is 10.2. The maximum atomic E-state index is 12.8. The molecule has 0 unspecified atom stereocenters. The summed E-state index contributed by atoms with van der Waals surface area (Å²) >= 11 is 5.91. The van der Waals surface area contributed by atoms with Gasteiger partial charge in [0.25, 0.3) is 5.91 Å². The number of benzene rings is 2. The van der Waals surface area contributed by atoms with Gasteiger partial charge in [-0.1, -0.05) is 23.7 Å². The summed E-state index contributed by atoms with van der Waals surface area (Å²) in [7, 11) is 0. The quantitative estimate of drug-likeness (QED) is 0.735. The number of furan rings is 1. The summed E-state index contributed by atoms with van der Waals surface area (Å²) in [6, 6.07) is 18.1. The number of rotatable bonds is 3. The van der Waals surface area contributed by atoms with Gasteiger partial charge in [-0.05, 0) is 48.5 Å². The van der Waals surface area contributed by atoms with Crippen molar-refractivity contribution >= 4 is 23.2 Å². The van der Waals surface area contributed by atoms with E-state index in [1.54, 1.807) is 41.3 Å². The number of hydrogen-bond donors (Lipinski definition) is 1. The fraction of sp³-hybridized carbons (Fsp3) is 0.190. The minimum absolute atomic E-state index is 0.118. The van der Waals surface area contributed by atoms with Crippen LogP contribution < -0.4 is 4.90 Å². The van der Waals surface area contributed by atoms with E-state index in [0.717, 1.165) is 11.3 Å². The Morgan fingerprint density at radius 3 is 2.33 bits per heavy atom. The third-order valence-electron chi connectivity index (χ3n) is 4.73. The molecule has 138 valence electrons. The fourth-order valence-corrected chi connectivity index (χ4v) is 3.39. The Kier molecular flexibility index (Phi) is 4.77. The average molecular weight is 383 g/mol. The molecule has 0 bridgehead atoms. The molecule has 4 rings (SSSR count). The number of phenols is 1. The predicted molar refractivity (Wildman–Crippen MR) is 105 cm³/mol. The van der Waals surface area contributed by atoms with Crippen molar-refractivity contribution in [3.8, 4) is 17.1 Å². The molecule has 2 aromatic carbocycles. The summed E-state index contributed by atoms with van der Waals surface area (Å²) in [5.41, 5.74) is 1.68. The lowest BCUT2D eigenvalue weighted by molar-refractivity contribution is 0.0715. The molecule has 1 N–H and O–H groups in total. The molecular weight excluding hydrogens is 364 g/mol. The third kappa shape index (κ3) is 3.64. The van der Waals surface area contributed by atoms with Crippen LogP contribution in [0.15, 0.2) is 65.1 Å². The normalized spacial score (nSPS) is 14.4. The molecule has 1 aromatic heterocycles. The van der Waals surface area contributed by atoms with Crippen molar-refractivity contribution < 1.29 is 14.3 Å². The van der Waals surface area contributed by atoms with Gasteiger partial charge in [0.05, 0.1) is 5.69 Å². The Balaban J connectivity index is 1.43. The van der Waals surface area contributed by atoms with Gasteiger partial charge in [0.2, 0.25) is 0 Å². The van der Waals surface area contributed by atoms with Crippen molar-refractivity contribution in [3.05, 3.63) is 71.4 Å². The molecule has 0 spiro atoms. The van der Waals surface area contributed by atoms with Crippen molar-refractivity contribution in [1.29, 1.82) is 0 Å². The summed E-state index contributed by atoms with van der Waals surface area (Å²) in [5.74, 6) is 1.11. The molecule has 27 heavy (non-hydrogen) atoms. The lowest BCUT2D eigenvalue weighted by Gasteiger charge is -2.35. The molecular formula is C21H19ClN2O3. The van der Waals surface area contributed by atoms with Crippen LogP contribution in [0.1, 0.15) is 10.6 Å². The Bertz CT molecular complexity index is 944. The molecule has 0 atom stereocenters. The lowest BCUT2D eigenvalue weighted by Crippen LogP contribution is -2.48. The Morgan fingerprint density at radius 1 is 0.926 bits per heavy atom. The van der Waals surface area contributed by atoms with Crippen molar-refractivity contribution in [2.24, 2.45) is 0 Å². The number of halogens is 1. The van der Waals surface area contributed by atoms with Crippen LogP contribution in [-0.4, -0.2) is 42.1 Å². The zero-order valence-corrected chi connectivity index (χ0v) is 15.4. The van der Waals surface area contributed by atoms with E-state index < -0.39 is 0 Å². The first kappa shape index (κ1) is 17.5. The highest BCUT2D eigenvalue weighted by Gasteiger charge is 2.25. The van der Waals surface area contributed by atoms with Gasteiger partial charge in [-0.2, -0.15) is 0 Å². The Morgan fingerprint density at radius 2 is 1.63 bits per heavy atom. The molecule has 1 saturated heterocycles. The molecule has 1 amide bonds. The highest BCUT2D eigenvalue weighted by molar-refractivity contribution is 6.30. The molecule has 6 heteroatoms. The van der Waals surface area contributed by atoms with Crippen LogP contribution in [0.5, 0.6) is 5.75 Å². The van der Waals surface area contributed by atoms with Crippen LogP contribution in [0.2, 0.25) is 5.02 Å². The maximum absolute atomic E-state index is 12.8. The first-order chi connectivity index (χ1) is 13.1. The van der Waals surface area contributed by atoms with Gasteiger partial charge in [-0.3, -0.25) is 4.79 Å². The van der Waals surface area contributed by atoms with Crippen LogP contribution in [0.3, 0.4) is 0 Å². The van der Waals surface area contributed by atoms with Crippen LogP contribution in [-0.2, 0) is 0 Å². The van der Waals surface area contributed by atoms with E-state index in [0.29, 0.717) is 42.7 Å². The van der Waals surface area contributed by atoms with E-state index >= 15 is 0 Å². The maximum Gasteiger partial charge on any atom is 0.289 e. The molecule has 1 aliphatic heterocycles. The number of phenolic OH excluding ortho intramolecular Hbond substituents is 1. The summed E-state index contributed by atoms with van der Waals surface area (Å²) in [6.45, 7) is 2.47. The Hall–Kier alpha value is -2.92. The first-order valence-electron chi connectivity index (χ1n) is 8.80. The minimum Gasteiger partial charge on any atom is -0.506 e. The van der Waals surface area contributed by atoms with Crippen molar-refractivity contribution in [2.45, 2.75) is 0 Å². The highest BCUT2D eigenvalue weighted by atomic mass is 35.5. The van der Waals surface area contributed by atoms with Gasteiger partial charge in [0.15, 0.2) is 5.76 Å². The predicted octanol–water partition coefficient (Wildman–Crippen LogP) is 4.27. The van der Waals surface area contributed by atoms with E-state index in [4.69, 9.17) is 16.0 Å². The van der Waals surface area contributed by atoms with E-state index in [1.165, 1.54) is 0 Å². The van der Waals surface area contributed by atoms with Crippen molar-refractivity contribution in [3.63, 3.8) is 0 Å². The fourth-order valence-electron chi connectivity index (χ4n) is 3.26. The molecule has 5 nitrogen and oxygen atoms in total. The number of carbonyl (C=O) groups is 1. The first-order valence-corrected chi connectivity index (χ1v) is 9.17. The molecule has 1 fully saturated rings. The minimum atomic E-state index is -0.118. The monoisotopic (exact) mass is 382 g/mol. The zero-order valence-electron chi connectivity index (χ0n) is 14.6. The number of hydrogen-bond acceptors (Lipinski definition) is 4. The number of para-hydroxylation sites is 2. The number of amides is 1. The second-order valence-electron chi connectivity index (χ2n) is 6.44. The number of anilines is 1. The van der Waals surface area contributed by atoms with Gasteiger partial charge in [-0.25, -0.2) is 0 Å². The molecule has 0 saturated carbocycles. The van der Waals surface area contributed by atoms with Gasteiger partial charge in [0, 0.05) is 36.8 Å². The van der Waals surface area contributed by atoms with E-state index in [9.17, 15) is 9.90 Å². The smallest absolute Gasteiger partial charge is 0.289 e. The van der Waals surface area contributed by atoms with Gasteiger partial charge in [0.1, 0.15) is 11.5 Å². The topological polar surface area (TPSA) is 56.9 Å². The SMILES string of the molecule is O=C(c1ccc(-c2ccc(Cl)cc2)o1)N1CCN(c2ccccc2O)CC1. The van der Waals surface area contributed by atoms with Gasteiger partial charge in [-0.15, -0.1) is 0 Å². The van der Waals surface area contributed by atoms with E-state index in [2.05, 4.69) is 4.90 Å². The average Bonchev–Trinajstić information content (AvgIpc) is 3.19. The molecule has 2 heterocycles. The second kappa shape index (κ2) is 7.37. The second-order valence-corrected chi connectivity index (χ2v) is 6.88. The van der Waals surface area contributed by atoms with Crippen molar-refractivity contribution in [2.75, 3.05) is 31.1 Å². The van der Waals surface area contributed by atoms with Crippen LogP contribution >= 0.6 is 11.6 Å². The number of nitrogens with zero attached hydrogens (tertiary/aromatic N) is 2. The third-order valence-corrected chi connectivity index (χ3v) is 4.99. The summed E-state index contributed by atoms with van der Waals surface area (Å²) in [6.07, 6.45) is 0. The number of aromatic hydroxyl groups is 1. The molecule has 0 radical (unpaired) electrons. The summed E-state index contributed by atoms with van der Waals surface area (Å²) in [4.78, 5) is 16.6. The highest BCUT2D eigenvalue weighted by Crippen LogP contribution is 2.28. The molecule has 0 aliphatic carbocycles.